The third kappa shape index (κ3) is 4.34. The summed E-state index contributed by atoms with van der Waals surface area (Å²) in [7, 11) is -3.59. The number of carbonyl (C=O) groups is 1. The van der Waals surface area contributed by atoms with E-state index in [0.717, 1.165) is 40.9 Å². The topological polar surface area (TPSA) is 79.4 Å². The minimum absolute atomic E-state index is 0.167. The van der Waals surface area contributed by atoms with Gasteiger partial charge >= 0.3 is 0 Å². The van der Waals surface area contributed by atoms with Gasteiger partial charge in [0.25, 0.3) is 5.91 Å². The number of carbonyl (C=O) groups excluding carboxylic acids is 1. The smallest absolute Gasteiger partial charge is 0.255 e. The maximum Gasteiger partial charge on any atom is 0.255 e. The van der Waals surface area contributed by atoms with E-state index in [4.69, 9.17) is 0 Å². The second kappa shape index (κ2) is 8.22. The molecular formula is C21H23N3O3S2. The Balaban J connectivity index is 1.56. The molecule has 0 bridgehead atoms. The molecule has 1 amide bonds. The first-order valence-electron chi connectivity index (χ1n) is 9.72. The van der Waals surface area contributed by atoms with Gasteiger partial charge in [-0.15, -0.1) is 11.3 Å². The molecule has 2 heterocycles. The normalized spacial score (nSPS) is 15.9. The second-order valence-corrected chi connectivity index (χ2v) is 10.4. The molecule has 29 heavy (non-hydrogen) atoms. The van der Waals surface area contributed by atoms with E-state index >= 15 is 0 Å². The molecule has 2 aromatic carbocycles. The third-order valence-electron chi connectivity index (χ3n) is 5.05. The molecule has 6 nitrogen and oxygen atoms in total. The Kier molecular flexibility index (Phi) is 5.67. The highest BCUT2D eigenvalue weighted by molar-refractivity contribution is 7.89. The Morgan fingerprint density at radius 2 is 1.83 bits per heavy atom. The van der Waals surface area contributed by atoms with Crippen molar-refractivity contribution >= 4 is 43.2 Å². The summed E-state index contributed by atoms with van der Waals surface area (Å²) in [6.45, 7) is 3.01. The van der Waals surface area contributed by atoms with E-state index in [1.54, 1.807) is 35.6 Å². The van der Waals surface area contributed by atoms with Crippen molar-refractivity contribution in [2.45, 2.75) is 37.5 Å². The van der Waals surface area contributed by atoms with E-state index in [2.05, 4.69) is 10.3 Å². The number of rotatable bonds is 4. The Labute approximate surface area is 174 Å². The van der Waals surface area contributed by atoms with Crippen LogP contribution >= 0.6 is 11.3 Å². The van der Waals surface area contributed by atoms with E-state index in [-0.39, 0.29) is 10.8 Å². The average molecular weight is 430 g/mol. The van der Waals surface area contributed by atoms with Gasteiger partial charge in [0, 0.05) is 24.3 Å². The summed E-state index contributed by atoms with van der Waals surface area (Å²) in [4.78, 5) is 17.3. The van der Waals surface area contributed by atoms with Gasteiger partial charge < -0.3 is 5.32 Å². The summed E-state index contributed by atoms with van der Waals surface area (Å²) in [5, 5.41) is 3.83. The number of aryl methyl sites for hydroxylation is 1. The summed E-state index contributed by atoms with van der Waals surface area (Å²) in [5.74, 6) is -0.335. The number of benzene rings is 2. The number of aromatic nitrogens is 1. The standard InChI is InChI=1S/C21H23N3O3S2/c1-15-22-19-10-9-17(14-20(19)28-15)23-21(25)16-7-6-8-18(13-16)29(26,27)24-11-4-2-3-5-12-24/h6-10,13-14H,2-5,11-12H2,1H3,(H,23,25). The van der Waals surface area contributed by atoms with Gasteiger partial charge in [0.05, 0.1) is 20.1 Å². The van der Waals surface area contributed by atoms with Crippen LogP contribution in [0.5, 0.6) is 0 Å². The number of anilines is 1. The lowest BCUT2D eigenvalue weighted by molar-refractivity contribution is 0.102. The number of hydrogen-bond acceptors (Lipinski definition) is 5. The predicted molar refractivity (Wildman–Crippen MR) is 116 cm³/mol. The summed E-state index contributed by atoms with van der Waals surface area (Å²) in [6.07, 6.45) is 3.86. The number of hydrogen-bond donors (Lipinski definition) is 1. The summed E-state index contributed by atoms with van der Waals surface area (Å²) >= 11 is 1.57. The van der Waals surface area contributed by atoms with Crippen LogP contribution in [0.1, 0.15) is 41.0 Å². The summed E-state index contributed by atoms with van der Waals surface area (Å²) < 4.78 is 28.6. The van der Waals surface area contributed by atoms with Crippen molar-refractivity contribution in [1.29, 1.82) is 0 Å². The minimum Gasteiger partial charge on any atom is -0.322 e. The van der Waals surface area contributed by atoms with Gasteiger partial charge in [0.1, 0.15) is 0 Å². The fraction of sp³-hybridized carbons (Fsp3) is 0.333. The molecule has 3 aromatic rings. The van der Waals surface area contributed by atoms with E-state index in [0.29, 0.717) is 24.3 Å². The SMILES string of the molecule is Cc1nc2ccc(NC(=O)c3cccc(S(=O)(=O)N4CCCCCC4)c3)cc2s1. The fourth-order valence-corrected chi connectivity index (χ4v) is 5.98. The van der Waals surface area contributed by atoms with Gasteiger partial charge in [-0.2, -0.15) is 4.31 Å². The Morgan fingerprint density at radius 3 is 2.59 bits per heavy atom. The van der Waals surface area contributed by atoms with Crippen LogP contribution in [0, 0.1) is 6.92 Å². The van der Waals surface area contributed by atoms with Gasteiger partial charge in [-0.3, -0.25) is 4.79 Å². The Hall–Kier alpha value is -2.29. The van der Waals surface area contributed by atoms with Crippen LogP contribution in [0.15, 0.2) is 47.4 Å². The predicted octanol–water partition coefficient (Wildman–Crippen LogP) is 4.42. The number of thiazole rings is 1. The van der Waals surface area contributed by atoms with Crippen molar-refractivity contribution in [1.82, 2.24) is 9.29 Å². The summed E-state index contributed by atoms with van der Waals surface area (Å²) in [5.41, 5.74) is 1.88. The maximum absolute atomic E-state index is 13.0. The number of amides is 1. The van der Waals surface area contributed by atoms with Crippen LogP contribution in [0.3, 0.4) is 0 Å². The number of fused-ring (bicyclic) bond motifs is 1. The largest absolute Gasteiger partial charge is 0.322 e. The van der Waals surface area contributed by atoms with Gasteiger partial charge in [-0.1, -0.05) is 18.9 Å². The van der Waals surface area contributed by atoms with E-state index < -0.39 is 10.0 Å². The molecule has 0 aliphatic carbocycles. The molecule has 0 radical (unpaired) electrons. The van der Waals surface area contributed by atoms with Crippen molar-refractivity contribution in [2.24, 2.45) is 0 Å². The zero-order chi connectivity index (χ0) is 20.4. The molecule has 0 spiro atoms. The Bertz CT molecular complexity index is 1150. The first kappa shape index (κ1) is 20.0. The molecule has 1 fully saturated rings. The van der Waals surface area contributed by atoms with E-state index in [1.807, 2.05) is 19.1 Å². The van der Waals surface area contributed by atoms with Crippen molar-refractivity contribution in [2.75, 3.05) is 18.4 Å². The number of nitrogens with zero attached hydrogens (tertiary/aromatic N) is 2. The molecule has 1 aliphatic heterocycles. The molecule has 4 rings (SSSR count). The molecule has 1 saturated heterocycles. The maximum atomic E-state index is 13.0. The lowest BCUT2D eigenvalue weighted by atomic mass is 10.2. The molecular weight excluding hydrogens is 406 g/mol. The lowest BCUT2D eigenvalue weighted by Gasteiger charge is -2.20. The highest BCUT2D eigenvalue weighted by Gasteiger charge is 2.25. The van der Waals surface area contributed by atoms with Crippen LogP contribution in [0.4, 0.5) is 5.69 Å². The lowest BCUT2D eigenvalue weighted by Crippen LogP contribution is -2.32. The van der Waals surface area contributed by atoms with Crippen molar-refractivity contribution in [3.63, 3.8) is 0 Å². The van der Waals surface area contributed by atoms with Gasteiger partial charge in [0.15, 0.2) is 0 Å². The van der Waals surface area contributed by atoms with Gasteiger partial charge in [0.2, 0.25) is 10.0 Å². The quantitative estimate of drug-likeness (QED) is 0.666. The monoisotopic (exact) mass is 429 g/mol. The average Bonchev–Trinajstić information content (AvgIpc) is 2.90. The van der Waals surface area contributed by atoms with Gasteiger partial charge in [-0.25, -0.2) is 13.4 Å². The third-order valence-corrected chi connectivity index (χ3v) is 7.88. The van der Waals surface area contributed by atoms with Crippen LogP contribution in [0.25, 0.3) is 10.2 Å². The van der Waals surface area contributed by atoms with Crippen LogP contribution in [-0.4, -0.2) is 36.7 Å². The zero-order valence-electron chi connectivity index (χ0n) is 16.2. The highest BCUT2D eigenvalue weighted by atomic mass is 32.2. The molecule has 1 aromatic heterocycles. The van der Waals surface area contributed by atoms with E-state index in [1.165, 1.54) is 10.4 Å². The van der Waals surface area contributed by atoms with Crippen LogP contribution in [-0.2, 0) is 10.0 Å². The second-order valence-electron chi connectivity index (χ2n) is 7.22. The van der Waals surface area contributed by atoms with Gasteiger partial charge in [-0.05, 0) is 56.2 Å². The highest BCUT2D eigenvalue weighted by Crippen LogP contribution is 2.26. The van der Waals surface area contributed by atoms with Crippen LogP contribution in [0.2, 0.25) is 0 Å². The van der Waals surface area contributed by atoms with Crippen molar-refractivity contribution < 1.29 is 13.2 Å². The van der Waals surface area contributed by atoms with E-state index in [9.17, 15) is 13.2 Å². The molecule has 1 aliphatic rings. The van der Waals surface area contributed by atoms with Crippen molar-refractivity contribution in [3.8, 4) is 0 Å². The Morgan fingerprint density at radius 1 is 1.07 bits per heavy atom. The zero-order valence-corrected chi connectivity index (χ0v) is 17.9. The fourth-order valence-electron chi connectivity index (χ4n) is 3.55. The molecule has 0 atom stereocenters. The molecule has 0 unspecified atom stereocenters. The minimum atomic E-state index is -3.59. The van der Waals surface area contributed by atoms with Crippen LogP contribution < -0.4 is 5.32 Å². The molecule has 8 heteroatoms. The number of sulfonamides is 1. The first-order valence-corrected chi connectivity index (χ1v) is 12.0. The number of nitrogens with one attached hydrogen (secondary N) is 1. The summed E-state index contributed by atoms with van der Waals surface area (Å²) in [6, 6.07) is 11.8. The molecule has 1 N–H and O–H groups in total. The first-order chi connectivity index (χ1) is 13.9. The molecule has 152 valence electrons. The molecule has 0 saturated carbocycles. The van der Waals surface area contributed by atoms with Crippen molar-refractivity contribution in [3.05, 3.63) is 53.0 Å².